The first-order chi connectivity index (χ1) is 13.7. The van der Waals surface area contributed by atoms with Gasteiger partial charge in [0, 0.05) is 16.9 Å². The van der Waals surface area contributed by atoms with Crippen LogP contribution in [0.2, 0.25) is 5.02 Å². The minimum atomic E-state index is -4.57. The maximum atomic E-state index is 13.6. The molecule has 0 amide bonds. The van der Waals surface area contributed by atoms with Gasteiger partial charge in [-0.25, -0.2) is 0 Å². The largest absolute Gasteiger partial charge is 0.417 e. The third kappa shape index (κ3) is 3.50. The summed E-state index contributed by atoms with van der Waals surface area (Å²) in [5.41, 5.74) is 0.870. The molecule has 0 radical (unpaired) electrons. The summed E-state index contributed by atoms with van der Waals surface area (Å²) in [6.07, 6.45) is -1.91. The molecule has 1 unspecified atom stereocenters. The monoisotopic (exact) mass is 420 g/mol. The average Bonchev–Trinajstić information content (AvgIpc) is 3.13. The van der Waals surface area contributed by atoms with E-state index in [1.807, 2.05) is 6.92 Å². The highest BCUT2D eigenvalue weighted by Crippen LogP contribution is 2.46. The van der Waals surface area contributed by atoms with Crippen molar-refractivity contribution in [1.82, 2.24) is 0 Å². The molecule has 2 aliphatic rings. The summed E-state index contributed by atoms with van der Waals surface area (Å²) in [7, 11) is 0. The topological polar surface area (TPSA) is 34.1 Å². The number of carbonyl (C=O) groups excluding carboxylic acids is 2. The standard InChI is InChI=1S/C23H20ClF3O2/c1-2-12-3-4-13(17-8-7-16(24)11-19(17)23(25,26)27)10-18(12)20-21(28)14-5-6-15(9-14)22(20)29/h3-4,7-8,10-11,14-15,20H,2,5-6,9H2,1H3/t14-,15+,20?. The Hall–Kier alpha value is -2.14. The number of fused-ring (bicyclic) bond motifs is 2. The fraction of sp³-hybridized carbons (Fsp3) is 0.391. The van der Waals surface area contributed by atoms with Crippen molar-refractivity contribution in [2.45, 2.75) is 44.7 Å². The minimum Gasteiger partial charge on any atom is -0.298 e. The average molecular weight is 421 g/mol. The van der Waals surface area contributed by atoms with Crippen LogP contribution in [0.5, 0.6) is 0 Å². The molecule has 2 aliphatic carbocycles. The predicted octanol–water partition coefficient (Wildman–Crippen LogP) is 6.24. The van der Waals surface area contributed by atoms with E-state index in [-0.39, 0.29) is 34.0 Å². The van der Waals surface area contributed by atoms with E-state index < -0.39 is 17.7 Å². The second-order valence-corrected chi connectivity index (χ2v) is 8.34. The molecule has 2 aromatic carbocycles. The second-order valence-electron chi connectivity index (χ2n) is 7.90. The lowest BCUT2D eigenvalue weighted by atomic mass is 9.73. The van der Waals surface area contributed by atoms with Crippen LogP contribution in [0.25, 0.3) is 11.1 Å². The molecule has 0 heterocycles. The van der Waals surface area contributed by atoms with Crippen molar-refractivity contribution in [3.63, 3.8) is 0 Å². The third-order valence-electron chi connectivity index (χ3n) is 6.24. The number of halogens is 4. The van der Waals surface area contributed by atoms with Crippen LogP contribution in [-0.4, -0.2) is 11.6 Å². The highest BCUT2D eigenvalue weighted by molar-refractivity contribution is 6.30. The Balaban J connectivity index is 1.86. The maximum absolute atomic E-state index is 13.6. The highest BCUT2D eigenvalue weighted by Gasteiger charge is 2.48. The molecule has 152 valence electrons. The maximum Gasteiger partial charge on any atom is 0.417 e. The van der Waals surface area contributed by atoms with Crippen molar-refractivity contribution in [3.05, 3.63) is 58.1 Å². The zero-order valence-electron chi connectivity index (χ0n) is 15.9. The molecule has 2 bridgehead atoms. The molecule has 2 saturated carbocycles. The van der Waals surface area contributed by atoms with E-state index in [9.17, 15) is 22.8 Å². The van der Waals surface area contributed by atoms with Gasteiger partial charge < -0.3 is 0 Å². The van der Waals surface area contributed by atoms with E-state index in [1.165, 1.54) is 12.1 Å². The number of rotatable bonds is 3. The number of alkyl halides is 3. The number of hydrogen-bond acceptors (Lipinski definition) is 2. The molecule has 0 spiro atoms. The summed E-state index contributed by atoms with van der Waals surface area (Å²) in [6, 6.07) is 8.61. The van der Waals surface area contributed by atoms with Crippen LogP contribution in [0.15, 0.2) is 36.4 Å². The van der Waals surface area contributed by atoms with Gasteiger partial charge in [-0.1, -0.05) is 36.7 Å². The van der Waals surface area contributed by atoms with Crippen LogP contribution in [0, 0.1) is 11.8 Å². The molecule has 29 heavy (non-hydrogen) atoms. The lowest BCUT2D eigenvalue weighted by Gasteiger charge is -2.27. The van der Waals surface area contributed by atoms with Crippen molar-refractivity contribution in [1.29, 1.82) is 0 Å². The molecule has 0 aliphatic heterocycles. The van der Waals surface area contributed by atoms with Crippen molar-refractivity contribution in [2.75, 3.05) is 0 Å². The van der Waals surface area contributed by atoms with Gasteiger partial charge in [-0.2, -0.15) is 13.2 Å². The molecule has 0 N–H and O–H groups in total. The second kappa shape index (κ2) is 7.28. The Morgan fingerprint density at radius 2 is 1.66 bits per heavy atom. The molecule has 4 rings (SSSR count). The normalized spacial score (nSPS) is 24.2. The van der Waals surface area contributed by atoms with Gasteiger partial charge in [0.2, 0.25) is 0 Å². The van der Waals surface area contributed by atoms with Crippen molar-refractivity contribution in [3.8, 4) is 11.1 Å². The summed E-state index contributed by atoms with van der Waals surface area (Å²) >= 11 is 5.80. The van der Waals surface area contributed by atoms with Crippen LogP contribution in [0.3, 0.4) is 0 Å². The van der Waals surface area contributed by atoms with Gasteiger partial charge in [-0.05, 0) is 66.1 Å². The van der Waals surface area contributed by atoms with Crippen LogP contribution in [0.4, 0.5) is 13.2 Å². The predicted molar refractivity (Wildman–Crippen MR) is 105 cm³/mol. The van der Waals surface area contributed by atoms with E-state index in [0.717, 1.165) is 24.5 Å². The van der Waals surface area contributed by atoms with Gasteiger partial charge in [-0.15, -0.1) is 0 Å². The molecule has 3 atom stereocenters. The molecule has 0 saturated heterocycles. The van der Waals surface area contributed by atoms with Gasteiger partial charge in [-0.3, -0.25) is 9.59 Å². The summed E-state index contributed by atoms with van der Waals surface area (Å²) < 4.78 is 40.7. The van der Waals surface area contributed by atoms with Gasteiger partial charge in [0.1, 0.15) is 5.92 Å². The quantitative estimate of drug-likeness (QED) is 0.551. The SMILES string of the molecule is CCc1ccc(-c2ccc(Cl)cc2C(F)(F)F)cc1C1C(=O)[C@@H]2CC[C@@H](C2)C1=O. The number of benzene rings is 2. The van der Waals surface area contributed by atoms with Gasteiger partial charge >= 0.3 is 6.18 Å². The lowest BCUT2D eigenvalue weighted by Crippen LogP contribution is -2.35. The number of hydrogen-bond donors (Lipinski definition) is 0. The zero-order valence-corrected chi connectivity index (χ0v) is 16.6. The van der Waals surface area contributed by atoms with Crippen LogP contribution in [0.1, 0.15) is 48.8 Å². The van der Waals surface area contributed by atoms with Crippen molar-refractivity contribution >= 4 is 23.2 Å². The summed E-state index contributed by atoms with van der Waals surface area (Å²) in [5, 5.41) is 0.000637. The summed E-state index contributed by atoms with van der Waals surface area (Å²) in [5.74, 6) is -1.25. The van der Waals surface area contributed by atoms with E-state index in [1.54, 1.807) is 18.2 Å². The van der Waals surface area contributed by atoms with E-state index in [2.05, 4.69) is 0 Å². The Kier molecular flexibility index (Phi) is 5.06. The number of carbonyl (C=O) groups is 2. The fourth-order valence-corrected chi connectivity index (χ4v) is 4.94. The van der Waals surface area contributed by atoms with Crippen molar-refractivity contribution < 1.29 is 22.8 Å². The lowest BCUT2D eigenvalue weighted by molar-refractivity contribution is -0.137. The Bertz CT molecular complexity index is 974. The highest BCUT2D eigenvalue weighted by atomic mass is 35.5. The molecular weight excluding hydrogens is 401 g/mol. The minimum absolute atomic E-state index is 0.000637. The Labute approximate surface area is 172 Å². The smallest absolute Gasteiger partial charge is 0.298 e. The van der Waals surface area contributed by atoms with Gasteiger partial charge in [0.15, 0.2) is 11.6 Å². The molecule has 6 heteroatoms. The van der Waals surface area contributed by atoms with E-state index in [4.69, 9.17) is 11.6 Å². The molecule has 0 aromatic heterocycles. The third-order valence-corrected chi connectivity index (χ3v) is 6.48. The van der Waals surface area contributed by atoms with Crippen LogP contribution in [-0.2, 0) is 22.2 Å². The van der Waals surface area contributed by atoms with Crippen LogP contribution < -0.4 is 0 Å². The molecule has 2 fully saturated rings. The number of Topliss-reactive ketones (excluding diaryl/α,β-unsaturated/α-hetero) is 2. The molecule has 2 nitrogen and oxygen atoms in total. The first kappa shape index (κ1) is 20.1. The summed E-state index contributed by atoms with van der Waals surface area (Å²) in [4.78, 5) is 25.9. The van der Waals surface area contributed by atoms with Crippen LogP contribution >= 0.6 is 11.6 Å². The Morgan fingerprint density at radius 3 is 2.24 bits per heavy atom. The van der Waals surface area contributed by atoms with E-state index in [0.29, 0.717) is 24.0 Å². The summed E-state index contributed by atoms with van der Waals surface area (Å²) in [6.45, 7) is 1.91. The Morgan fingerprint density at radius 1 is 1.00 bits per heavy atom. The van der Waals surface area contributed by atoms with Gasteiger partial charge in [0.05, 0.1) is 5.56 Å². The zero-order chi connectivity index (χ0) is 20.9. The van der Waals surface area contributed by atoms with E-state index >= 15 is 0 Å². The number of ketones is 2. The fourth-order valence-electron chi connectivity index (χ4n) is 4.77. The molecular formula is C23H20ClF3O2. The van der Waals surface area contributed by atoms with Gasteiger partial charge in [0.25, 0.3) is 0 Å². The number of aryl methyl sites for hydroxylation is 1. The molecule has 2 aromatic rings. The first-order valence-electron chi connectivity index (χ1n) is 9.78. The van der Waals surface area contributed by atoms with Crippen molar-refractivity contribution in [2.24, 2.45) is 11.8 Å². The first-order valence-corrected chi connectivity index (χ1v) is 10.2.